The molecule has 0 saturated heterocycles. The van der Waals surface area contributed by atoms with E-state index in [0.717, 1.165) is 51.1 Å². The molecule has 0 N–H and O–H groups in total. The van der Waals surface area contributed by atoms with Crippen molar-refractivity contribution in [3.8, 4) is 11.1 Å². The van der Waals surface area contributed by atoms with Crippen LogP contribution in [0.5, 0.6) is 0 Å². The second kappa shape index (κ2) is 12.4. The van der Waals surface area contributed by atoms with Gasteiger partial charge in [-0.05, 0) is 120 Å². The molecule has 7 aromatic carbocycles. The lowest BCUT2D eigenvalue weighted by Gasteiger charge is -2.53. The molecule has 294 valence electrons. The molecule has 1 fully saturated rings. The zero-order valence-corrected chi connectivity index (χ0v) is 35.5. The molecule has 4 aliphatic rings. The number of nitrogens with zero attached hydrogens (tertiary/aromatic N) is 3. The smallest absolute Gasteiger partial charge is 0.333 e. The average Bonchev–Trinajstić information content (AvgIpc) is 3.74. The molecular weight excluding hydrogens is 729 g/mol. The third kappa shape index (κ3) is 4.69. The van der Waals surface area contributed by atoms with Crippen molar-refractivity contribution in [1.29, 1.82) is 0 Å². The summed E-state index contributed by atoms with van der Waals surface area (Å²) >= 11 is 0. The fourth-order valence-electron chi connectivity index (χ4n) is 11.8. The van der Waals surface area contributed by atoms with E-state index in [-0.39, 0.29) is 23.2 Å². The van der Waals surface area contributed by atoms with Crippen molar-refractivity contribution >= 4 is 79.5 Å². The molecule has 0 radical (unpaired) electrons. The largest absolute Gasteiger partial charge is 0.454 e. The second-order valence-corrected chi connectivity index (χ2v) is 19.3. The third-order valence-electron chi connectivity index (χ3n) is 15.0. The molecule has 1 aromatic heterocycles. The predicted molar refractivity (Wildman–Crippen MR) is 254 cm³/mol. The number of fused-ring (bicyclic) bond motifs is 11. The van der Waals surface area contributed by atoms with E-state index < -0.39 is 0 Å². The molecule has 4 nitrogen and oxygen atoms in total. The van der Waals surface area contributed by atoms with E-state index >= 15 is 0 Å². The van der Waals surface area contributed by atoms with Crippen LogP contribution in [0.3, 0.4) is 0 Å². The molecule has 12 rings (SSSR count). The summed E-state index contributed by atoms with van der Waals surface area (Å²) in [6.45, 7) is 14.5. The molecule has 0 amide bonds. The van der Waals surface area contributed by atoms with Crippen molar-refractivity contribution in [2.45, 2.75) is 83.6 Å². The van der Waals surface area contributed by atoms with E-state index in [0.29, 0.717) is 0 Å². The summed E-state index contributed by atoms with van der Waals surface area (Å²) in [5.41, 5.74) is 19.6. The monoisotopic (exact) mass is 779 g/mol. The molecule has 60 heavy (non-hydrogen) atoms. The van der Waals surface area contributed by atoms with E-state index in [9.17, 15) is 0 Å². The molecule has 2 atom stereocenters. The van der Waals surface area contributed by atoms with Gasteiger partial charge in [-0.3, -0.25) is 0 Å². The Hall–Kier alpha value is -6.20. The van der Waals surface area contributed by atoms with Crippen molar-refractivity contribution in [2.24, 2.45) is 0 Å². The Balaban J connectivity index is 1.27. The van der Waals surface area contributed by atoms with Crippen LogP contribution in [-0.2, 0) is 10.8 Å². The fourth-order valence-corrected chi connectivity index (χ4v) is 11.8. The first-order valence-electron chi connectivity index (χ1n) is 21.9. The van der Waals surface area contributed by atoms with Crippen LogP contribution in [0.4, 0.5) is 39.8 Å². The summed E-state index contributed by atoms with van der Waals surface area (Å²) in [7, 11) is 0. The fraction of sp³-hybridized carbons (Fsp3) is 0.236. The number of anilines is 7. The van der Waals surface area contributed by atoms with E-state index in [4.69, 9.17) is 4.42 Å². The van der Waals surface area contributed by atoms with E-state index in [2.05, 4.69) is 202 Å². The number of para-hydroxylation sites is 4. The summed E-state index contributed by atoms with van der Waals surface area (Å²) in [5, 5.41) is 2.30. The van der Waals surface area contributed by atoms with Gasteiger partial charge in [-0.1, -0.05) is 132 Å². The molecule has 1 aliphatic carbocycles. The first kappa shape index (κ1) is 35.7. The summed E-state index contributed by atoms with van der Waals surface area (Å²) in [4.78, 5) is 7.99. The minimum absolute atomic E-state index is 0.0299. The molecule has 1 saturated carbocycles. The Labute approximate surface area is 354 Å². The van der Waals surface area contributed by atoms with Crippen LogP contribution in [0.2, 0.25) is 0 Å². The van der Waals surface area contributed by atoms with Gasteiger partial charge in [-0.2, -0.15) is 0 Å². The van der Waals surface area contributed by atoms with Gasteiger partial charge >= 0.3 is 6.85 Å². The molecule has 0 bridgehead atoms. The molecule has 0 spiro atoms. The van der Waals surface area contributed by atoms with Gasteiger partial charge in [0.1, 0.15) is 5.58 Å². The van der Waals surface area contributed by atoms with Crippen LogP contribution in [0, 0.1) is 6.92 Å². The van der Waals surface area contributed by atoms with Gasteiger partial charge in [0.2, 0.25) is 0 Å². The highest BCUT2D eigenvalue weighted by molar-refractivity contribution is 6.94. The summed E-state index contributed by atoms with van der Waals surface area (Å²) in [6, 6.07) is 54.3. The Bertz CT molecular complexity index is 3020. The standard InChI is InChI=1S/C55H50BN3O/c1-35-19-13-15-25-46(35)59-50-41(27-28-42-40-24-14-16-26-48(40)60-52(42)50)43-33-39(57(37-20-9-7-10-21-37)38-22-11-8-12-23-38)34-47-49(43)56(59)45-32-36(53(2,3)4)31-44-51(45)58(47)55(6)30-18-17-29-54(44,55)5/h7-16,19-28,31-34H,17-18,29-30H2,1-6H3. The van der Waals surface area contributed by atoms with Crippen molar-refractivity contribution < 1.29 is 4.42 Å². The third-order valence-corrected chi connectivity index (χ3v) is 15.0. The highest BCUT2D eigenvalue weighted by atomic mass is 16.3. The molecular formula is C55H50BN3O. The van der Waals surface area contributed by atoms with Gasteiger partial charge in [0.25, 0.3) is 0 Å². The first-order valence-corrected chi connectivity index (χ1v) is 21.9. The molecule has 8 aromatic rings. The lowest BCUT2D eigenvalue weighted by Crippen LogP contribution is -2.64. The number of rotatable bonds is 4. The zero-order chi connectivity index (χ0) is 40.7. The van der Waals surface area contributed by atoms with Gasteiger partial charge in [0.05, 0.1) is 11.2 Å². The van der Waals surface area contributed by atoms with Gasteiger partial charge in [-0.15, -0.1) is 0 Å². The van der Waals surface area contributed by atoms with Crippen LogP contribution in [0.25, 0.3) is 33.1 Å². The lowest BCUT2D eigenvalue weighted by atomic mass is 9.43. The summed E-state index contributed by atoms with van der Waals surface area (Å²) < 4.78 is 7.08. The normalized spacial score (nSPS) is 19.9. The maximum Gasteiger partial charge on any atom is 0.333 e. The molecule has 2 unspecified atom stereocenters. The number of hydrogen-bond donors (Lipinski definition) is 0. The van der Waals surface area contributed by atoms with Gasteiger partial charge in [-0.25, -0.2) is 0 Å². The van der Waals surface area contributed by atoms with Gasteiger partial charge < -0.3 is 19.0 Å². The van der Waals surface area contributed by atoms with Crippen LogP contribution < -0.4 is 25.5 Å². The Morgan fingerprint density at radius 2 is 1.32 bits per heavy atom. The van der Waals surface area contributed by atoms with E-state index in [1.807, 2.05) is 0 Å². The SMILES string of the molecule is Cc1ccccc1N1B2c3cc(C(C)(C)C)cc4c3N(c3cc(N(c5ccccc5)c5ccccc5)cc(c32)-c2ccc3c(oc5ccccc53)c21)C1(C)CCCCC41C. The number of furan rings is 1. The maximum atomic E-state index is 7.08. The first-order chi connectivity index (χ1) is 29.1. The number of aryl methyl sites for hydroxylation is 1. The van der Waals surface area contributed by atoms with Crippen LogP contribution in [-0.4, -0.2) is 12.4 Å². The highest BCUT2D eigenvalue weighted by Crippen LogP contribution is 2.63. The number of hydrogen-bond acceptors (Lipinski definition) is 4. The summed E-state index contributed by atoms with van der Waals surface area (Å²) in [6.07, 6.45) is 4.79. The summed E-state index contributed by atoms with van der Waals surface area (Å²) in [5.74, 6) is 0. The Morgan fingerprint density at radius 1 is 0.633 bits per heavy atom. The van der Waals surface area contributed by atoms with Crippen molar-refractivity contribution in [3.05, 3.63) is 162 Å². The van der Waals surface area contributed by atoms with Crippen LogP contribution in [0.1, 0.15) is 77.0 Å². The predicted octanol–water partition coefficient (Wildman–Crippen LogP) is 13.6. The molecule has 4 heterocycles. The van der Waals surface area contributed by atoms with Crippen molar-refractivity contribution in [3.63, 3.8) is 0 Å². The highest BCUT2D eigenvalue weighted by Gasteiger charge is 2.62. The molecule has 3 aliphatic heterocycles. The quantitative estimate of drug-likeness (QED) is 0.166. The zero-order valence-electron chi connectivity index (χ0n) is 35.5. The maximum absolute atomic E-state index is 7.08. The lowest BCUT2D eigenvalue weighted by molar-refractivity contribution is 0.195. The second-order valence-electron chi connectivity index (χ2n) is 19.3. The van der Waals surface area contributed by atoms with Crippen LogP contribution in [0.15, 0.2) is 150 Å². The number of benzene rings is 7. The van der Waals surface area contributed by atoms with E-state index in [1.54, 1.807) is 0 Å². The minimum atomic E-state index is -0.114. The Kier molecular flexibility index (Phi) is 7.40. The van der Waals surface area contributed by atoms with Crippen molar-refractivity contribution in [2.75, 3.05) is 14.6 Å². The van der Waals surface area contributed by atoms with E-state index in [1.165, 1.54) is 75.1 Å². The van der Waals surface area contributed by atoms with Gasteiger partial charge in [0, 0.05) is 55.9 Å². The topological polar surface area (TPSA) is 22.9 Å². The van der Waals surface area contributed by atoms with Gasteiger partial charge in [0.15, 0.2) is 5.58 Å². The minimum Gasteiger partial charge on any atom is -0.454 e. The molecule has 5 heteroatoms. The average molecular weight is 780 g/mol. The van der Waals surface area contributed by atoms with Crippen LogP contribution >= 0.6 is 0 Å². The van der Waals surface area contributed by atoms with Crippen molar-refractivity contribution in [1.82, 2.24) is 0 Å². The Morgan fingerprint density at radius 3 is 2.05 bits per heavy atom.